The van der Waals surface area contributed by atoms with Gasteiger partial charge in [0, 0.05) is 117 Å². The number of hydrogen-bond donors (Lipinski definition) is 0. The zero-order valence-electron chi connectivity index (χ0n) is 72.4. The molecule has 2 spiro atoms. The van der Waals surface area contributed by atoms with E-state index in [0.29, 0.717) is 11.6 Å². The van der Waals surface area contributed by atoms with Crippen molar-refractivity contribution in [2.24, 2.45) is 0 Å². The molecule has 0 radical (unpaired) electrons. The first-order chi connectivity index (χ1) is 64.9. The van der Waals surface area contributed by atoms with E-state index < -0.39 is 10.8 Å². The molecule has 6 aliphatic carbocycles. The van der Waals surface area contributed by atoms with Crippen LogP contribution < -0.4 is 0 Å². The Labute approximate surface area is 790 Å². The number of thiophene rings is 2. The molecule has 135 heavy (non-hydrogen) atoms. The third kappa shape index (κ3) is 10.8. The average Bonchev–Trinajstić information content (AvgIpc) is 1.50. The van der Waals surface area contributed by atoms with Crippen LogP contribution in [0.5, 0.6) is 0 Å². The van der Waals surface area contributed by atoms with Crippen molar-refractivity contribution in [1.29, 1.82) is 0 Å². The Morgan fingerprint density at radius 2 is 0.489 bits per heavy atom. The number of hydrogen-bond acceptors (Lipinski definition) is 8. The summed E-state index contributed by atoms with van der Waals surface area (Å²) in [5.74, 6) is 1.42. The lowest BCUT2D eigenvalue weighted by molar-refractivity contribution is 0.660. The first-order valence-electron chi connectivity index (χ1n) is 45.6. The first kappa shape index (κ1) is 80.1. The van der Waals surface area contributed by atoms with Crippen LogP contribution in [0, 0.1) is 0 Å². The molecule has 0 bridgehead atoms. The Morgan fingerprint density at radius 3 is 0.889 bits per heavy atom. The highest BCUT2D eigenvalue weighted by Gasteiger charge is 2.56. The molecule has 8 heteroatoms. The zero-order chi connectivity index (χ0) is 86.9. The zero-order valence-corrected chi connectivity index (χ0v) is 74.0. The van der Waals surface area contributed by atoms with Gasteiger partial charge >= 0.3 is 0 Å². The Hall–Kier alpha value is -15.8. The second-order valence-corrected chi connectivity index (χ2v) is 39.6. The fourth-order valence-electron chi connectivity index (χ4n) is 24.5. The fourth-order valence-corrected chi connectivity index (χ4v) is 26.7. The third-order valence-corrected chi connectivity index (χ3v) is 32.6. The van der Waals surface area contributed by atoms with Gasteiger partial charge in [0.2, 0.25) is 0 Å². The number of furan rings is 2. The molecule has 0 amide bonds. The number of fused-ring (bicyclic) bond motifs is 40. The molecule has 640 valence electrons. The maximum Gasteiger partial charge on any atom is 0.161 e. The SMILES string of the molecule is C.C.C.CC1(C)c2ccccc2-c2ccc(-c3cc(-c4ccc5c(c4)C(C)(C)c4ccccc4-5)nc(-c4cccc5c4-c4ccccc4C54c5ccccc5-c5c4ccc4c5oc5ccccc54)n3)cc21.c1ccc2c(c1)-c1c(-c3nc(-c4ccc5sc6ccccc6c5c4)cc(-c4ccc5sc6ccccc6c5c4)n3)cccc1C21c2ccccc2-c2c1ccc1c2oc2ccccc21. The maximum atomic E-state index is 6.83. The van der Waals surface area contributed by atoms with Crippen LogP contribution in [0.15, 0.2) is 397 Å². The summed E-state index contributed by atoms with van der Waals surface area (Å²) in [5, 5.41) is 9.60. The second kappa shape index (κ2) is 29.1. The van der Waals surface area contributed by atoms with E-state index in [1.54, 1.807) is 0 Å². The highest BCUT2D eigenvalue weighted by atomic mass is 32.1. The van der Waals surface area contributed by atoms with Crippen LogP contribution in [0.2, 0.25) is 0 Å². The summed E-state index contributed by atoms with van der Waals surface area (Å²) in [6, 6.07) is 143. The quantitative estimate of drug-likeness (QED) is 0.165. The van der Waals surface area contributed by atoms with E-state index in [4.69, 9.17) is 28.8 Å². The van der Waals surface area contributed by atoms with Gasteiger partial charge in [-0.2, -0.15) is 0 Å². The van der Waals surface area contributed by atoms with E-state index in [0.717, 1.165) is 100 Å². The van der Waals surface area contributed by atoms with E-state index in [9.17, 15) is 0 Å². The molecule has 6 aromatic heterocycles. The van der Waals surface area contributed by atoms with Gasteiger partial charge in [0.25, 0.3) is 0 Å². The summed E-state index contributed by atoms with van der Waals surface area (Å²) in [4.78, 5) is 22.4. The molecule has 0 saturated carbocycles. The Kier molecular flexibility index (Phi) is 17.2. The van der Waals surface area contributed by atoms with Gasteiger partial charge in [0.15, 0.2) is 11.6 Å². The summed E-state index contributed by atoms with van der Waals surface area (Å²) >= 11 is 3.68. The van der Waals surface area contributed by atoms with Gasteiger partial charge in [-0.15, -0.1) is 22.7 Å². The molecule has 2 unspecified atom stereocenters. The predicted octanol–water partition coefficient (Wildman–Crippen LogP) is 34.7. The molecule has 6 heterocycles. The van der Waals surface area contributed by atoms with Gasteiger partial charge in [-0.25, -0.2) is 19.9 Å². The number of para-hydroxylation sites is 2. The maximum absolute atomic E-state index is 6.83. The Balaban J connectivity index is 0.000000138. The minimum absolute atomic E-state index is 0. The van der Waals surface area contributed by atoms with E-state index in [1.165, 1.54) is 174 Å². The van der Waals surface area contributed by atoms with Crippen molar-refractivity contribution < 1.29 is 8.83 Å². The van der Waals surface area contributed by atoms with Crippen LogP contribution in [-0.2, 0) is 21.7 Å². The van der Waals surface area contributed by atoms with Crippen molar-refractivity contribution in [2.45, 2.75) is 71.6 Å². The minimum Gasteiger partial charge on any atom is -0.455 e. The van der Waals surface area contributed by atoms with Crippen molar-refractivity contribution in [2.75, 3.05) is 0 Å². The van der Waals surface area contributed by atoms with Gasteiger partial charge in [0.1, 0.15) is 22.3 Å². The fraction of sp³-hybridized carbons (Fsp3) is 0.0866. The Morgan fingerprint density at radius 1 is 0.200 bits per heavy atom. The predicted molar refractivity (Wildman–Crippen MR) is 565 cm³/mol. The number of nitrogens with zero attached hydrogens (tertiary/aromatic N) is 4. The van der Waals surface area contributed by atoms with E-state index in [2.05, 4.69) is 416 Å². The van der Waals surface area contributed by atoms with Crippen LogP contribution in [0.25, 0.3) is 219 Å². The normalized spacial score (nSPS) is 15.6. The van der Waals surface area contributed by atoms with Crippen LogP contribution in [0.1, 0.15) is 117 Å². The lowest BCUT2D eigenvalue weighted by Crippen LogP contribution is -2.25. The summed E-state index contributed by atoms with van der Waals surface area (Å²) in [5.41, 5.74) is 42.3. The topological polar surface area (TPSA) is 77.8 Å². The van der Waals surface area contributed by atoms with Gasteiger partial charge < -0.3 is 8.83 Å². The highest BCUT2D eigenvalue weighted by Crippen LogP contribution is 2.68. The molecular weight excluding hydrogens is 1680 g/mol. The lowest BCUT2D eigenvalue weighted by Gasteiger charge is -2.30. The third-order valence-electron chi connectivity index (χ3n) is 30.3. The van der Waals surface area contributed by atoms with Gasteiger partial charge in [-0.05, 0) is 195 Å². The van der Waals surface area contributed by atoms with E-state index in [1.807, 2.05) is 22.7 Å². The average molecular weight is 1770 g/mol. The number of aromatic nitrogens is 4. The molecule has 0 N–H and O–H groups in total. The summed E-state index contributed by atoms with van der Waals surface area (Å²) in [7, 11) is 0. The van der Waals surface area contributed by atoms with Crippen molar-refractivity contribution in [3.8, 4) is 135 Å². The molecule has 6 aliphatic rings. The van der Waals surface area contributed by atoms with Crippen LogP contribution in [-0.4, -0.2) is 19.9 Å². The summed E-state index contributed by atoms with van der Waals surface area (Å²) in [6.45, 7) is 9.40. The minimum atomic E-state index is -0.581. The molecule has 24 aromatic rings. The van der Waals surface area contributed by atoms with Gasteiger partial charge in [0.05, 0.1) is 33.6 Å². The molecular formula is C127H88N4O2S2. The molecule has 2 atom stereocenters. The van der Waals surface area contributed by atoms with Crippen LogP contribution in [0.3, 0.4) is 0 Å². The van der Waals surface area contributed by atoms with Gasteiger partial charge in [-0.1, -0.05) is 365 Å². The summed E-state index contributed by atoms with van der Waals surface area (Å²) < 4.78 is 18.8. The van der Waals surface area contributed by atoms with E-state index in [-0.39, 0.29) is 33.1 Å². The molecule has 0 fully saturated rings. The number of rotatable bonds is 6. The van der Waals surface area contributed by atoms with Crippen molar-refractivity contribution in [1.82, 2.24) is 19.9 Å². The first-order valence-corrected chi connectivity index (χ1v) is 47.2. The standard InChI is InChI=1S/C65H44N2O.C59H32N2OS2.3CH4/c1-63(2)48-22-10-5-16-39(48)41-30-28-37(34-54(41)63)56-36-57(38-29-31-42-40-17-6-11-23-49(40)64(3,4)55(42)35-38)67-62(66-56)47-21-15-26-52-59(47)45-19-7-12-24-50(45)65(52)51-25-13-8-20-46(51)60-53(65)33-32-44-43-18-9-14-27-58(43)68-61(44)60;1-6-18-44-39(15-1)55-41(17-11-20-46(55)59(44)45-19-7-2-16-40(45)56-47(59)27-26-38-35-12-3-8-21-50(35)62-57(38)56)58-60-48(33-24-28-53-42(30-33)36-13-4-9-22-51(36)63-53)32-49(61-58)34-25-29-54-43(31-34)37-14-5-10-23-52(37)64-54;;;/h5-36H,1-4H3;1-32H;3*1H4. The smallest absolute Gasteiger partial charge is 0.161 e. The molecule has 6 nitrogen and oxygen atoms in total. The second-order valence-electron chi connectivity index (χ2n) is 37.5. The lowest BCUT2D eigenvalue weighted by atomic mass is 9.70. The number of benzene rings is 18. The molecule has 18 aromatic carbocycles. The van der Waals surface area contributed by atoms with Crippen LogP contribution in [0.4, 0.5) is 0 Å². The molecule has 0 aliphatic heterocycles. The van der Waals surface area contributed by atoms with E-state index >= 15 is 0 Å². The molecule has 0 saturated heterocycles. The van der Waals surface area contributed by atoms with Crippen molar-refractivity contribution in [3.05, 3.63) is 455 Å². The van der Waals surface area contributed by atoms with Crippen molar-refractivity contribution in [3.63, 3.8) is 0 Å². The Bertz CT molecular complexity index is 9030. The van der Waals surface area contributed by atoms with Crippen LogP contribution >= 0.6 is 22.7 Å². The monoisotopic (exact) mass is 1760 g/mol. The van der Waals surface area contributed by atoms with Crippen molar-refractivity contribution >= 4 is 107 Å². The summed E-state index contributed by atoms with van der Waals surface area (Å²) in [6.07, 6.45) is 0. The molecule has 30 rings (SSSR count). The highest BCUT2D eigenvalue weighted by molar-refractivity contribution is 7.26. The van der Waals surface area contributed by atoms with Gasteiger partial charge in [-0.3, -0.25) is 0 Å². The largest absolute Gasteiger partial charge is 0.455 e.